The van der Waals surface area contributed by atoms with Crippen LogP contribution in [0.1, 0.15) is 18.1 Å². The number of nitrogens with zero attached hydrogens (tertiary/aromatic N) is 2. The lowest BCUT2D eigenvalue weighted by Gasteiger charge is -2.35. The summed E-state index contributed by atoms with van der Waals surface area (Å²) in [5, 5.41) is 0. The highest BCUT2D eigenvalue weighted by Crippen LogP contribution is 2.26. The summed E-state index contributed by atoms with van der Waals surface area (Å²) in [6, 6.07) is 10.2. The van der Waals surface area contributed by atoms with Crippen LogP contribution in [0.4, 0.5) is 14.5 Å². The molecule has 0 radical (unpaired) electrons. The van der Waals surface area contributed by atoms with Crippen LogP contribution >= 0.6 is 0 Å². The summed E-state index contributed by atoms with van der Waals surface area (Å²) in [7, 11) is -4.20. The Kier molecular flexibility index (Phi) is 5.29. The first kappa shape index (κ1) is 18.8. The van der Waals surface area contributed by atoms with Crippen molar-refractivity contribution in [2.75, 3.05) is 31.1 Å². The molecular formula is C19H22F2N2O2S. The van der Waals surface area contributed by atoms with Crippen LogP contribution in [0.2, 0.25) is 0 Å². The smallest absolute Gasteiger partial charge is 0.249 e. The van der Waals surface area contributed by atoms with E-state index in [2.05, 4.69) is 24.0 Å². The fourth-order valence-electron chi connectivity index (χ4n) is 3.19. The van der Waals surface area contributed by atoms with E-state index in [1.54, 1.807) is 0 Å². The van der Waals surface area contributed by atoms with Gasteiger partial charge in [0.25, 0.3) is 0 Å². The lowest BCUT2D eigenvalue weighted by Crippen LogP contribution is -2.49. The minimum atomic E-state index is -4.20. The Labute approximate surface area is 153 Å². The van der Waals surface area contributed by atoms with Crippen LogP contribution in [-0.2, 0) is 16.4 Å². The standard InChI is InChI=1S/C19H22F2N2O2S/c1-3-15-4-6-16(7-5-15)22-8-10-23(11-9-22)26(24,25)19-17(20)12-14(2)13-18(19)21/h4-7,12-13H,3,8-11H2,1-2H3. The Morgan fingerprint density at radius 2 is 1.50 bits per heavy atom. The molecule has 1 heterocycles. The predicted molar refractivity (Wildman–Crippen MR) is 97.9 cm³/mol. The normalized spacial score (nSPS) is 16.1. The van der Waals surface area contributed by atoms with Crippen LogP contribution in [0.5, 0.6) is 0 Å². The van der Waals surface area contributed by atoms with Gasteiger partial charge in [-0.3, -0.25) is 0 Å². The van der Waals surface area contributed by atoms with Crippen LogP contribution in [0.25, 0.3) is 0 Å². The van der Waals surface area contributed by atoms with Gasteiger partial charge < -0.3 is 4.90 Å². The molecule has 2 aromatic rings. The molecule has 0 atom stereocenters. The van der Waals surface area contributed by atoms with E-state index in [0.29, 0.717) is 18.7 Å². The molecular weight excluding hydrogens is 358 g/mol. The van der Waals surface area contributed by atoms with Crippen LogP contribution in [0.3, 0.4) is 0 Å². The molecule has 140 valence electrons. The maximum absolute atomic E-state index is 14.1. The molecule has 0 spiro atoms. The SMILES string of the molecule is CCc1ccc(N2CCN(S(=O)(=O)c3c(F)cc(C)cc3F)CC2)cc1. The van der Waals surface area contributed by atoms with Crippen LogP contribution in [0.15, 0.2) is 41.3 Å². The first-order valence-corrected chi connectivity index (χ1v) is 10.1. The molecule has 0 aliphatic carbocycles. The minimum Gasteiger partial charge on any atom is -0.369 e. The van der Waals surface area contributed by atoms with E-state index in [0.717, 1.165) is 28.5 Å². The van der Waals surface area contributed by atoms with Gasteiger partial charge in [0.1, 0.15) is 11.6 Å². The molecule has 26 heavy (non-hydrogen) atoms. The van der Waals surface area contributed by atoms with E-state index in [1.165, 1.54) is 12.5 Å². The average molecular weight is 380 g/mol. The molecule has 1 aliphatic heterocycles. The number of benzene rings is 2. The average Bonchev–Trinajstić information content (AvgIpc) is 2.61. The van der Waals surface area contributed by atoms with E-state index in [9.17, 15) is 17.2 Å². The maximum Gasteiger partial charge on any atom is 0.249 e. The van der Waals surface area contributed by atoms with Crippen molar-refractivity contribution in [3.63, 3.8) is 0 Å². The molecule has 7 heteroatoms. The molecule has 0 bridgehead atoms. The summed E-state index contributed by atoms with van der Waals surface area (Å²) in [5.41, 5.74) is 2.60. The van der Waals surface area contributed by atoms with Gasteiger partial charge in [-0.05, 0) is 48.7 Å². The van der Waals surface area contributed by atoms with Crippen molar-refractivity contribution in [1.82, 2.24) is 4.31 Å². The van der Waals surface area contributed by atoms with E-state index >= 15 is 0 Å². The number of piperazine rings is 1. The van der Waals surface area contributed by atoms with E-state index in [1.807, 2.05) is 12.1 Å². The molecule has 0 unspecified atom stereocenters. The highest BCUT2D eigenvalue weighted by molar-refractivity contribution is 7.89. The van der Waals surface area contributed by atoms with Crippen molar-refractivity contribution in [3.05, 3.63) is 59.2 Å². The molecule has 0 aromatic heterocycles. The number of sulfonamides is 1. The van der Waals surface area contributed by atoms with Crippen molar-refractivity contribution >= 4 is 15.7 Å². The third-order valence-corrected chi connectivity index (χ3v) is 6.64. The summed E-state index contributed by atoms with van der Waals surface area (Å²) in [5.74, 6) is -2.08. The van der Waals surface area contributed by atoms with E-state index < -0.39 is 26.6 Å². The van der Waals surface area contributed by atoms with Gasteiger partial charge in [-0.25, -0.2) is 17.2 Å². The third kappa shape index (κ3) is 3.59. The number of aryl methyl sites for hydroxylation is 2. The van der Waals surface area contributed by atoms with Gasteiger partial charge in [-0.2, -0.15) is 4.31 Å². The van der Waals surface area contributed by atoms with Crippen LogP contribution < -0.4 is 4.90 Å². The monoisotopic (exact) mass is 380 g/mol. The van der Waals surface area contributed by atoms with Crippen molar-refractivity contribution < 1.29 is 17.2 Å². The number of anilines is 1. The predicted octanol–water partition coefficient (Wildman–Crippen LogP) is 3.35. The topological polar surface area (TPSA) is 40.6 Å². The van der Waals surface area contributed by atoms with Gasteiger partial charge in [0, 0.05) is 31.9 Å². The number of hydrogen-bond acceptors (Lipinski definition) is 3. The summed E-state index contributed by atoms with van der Waals surface area (Å²) < 4.78 is 54.8. The summed E-state index contributed by atoms with van der Waals surface area (Å²) in [4.78, 5) is 1.22. The second-order valence-corrected chi connectivity index (χ2v) is 8.34. The first-order chi connectivity index (χ1) is 12.3. The second-order valence-electron chi connectivity index (χ2n) is 6.47. The van der Waals surface area contributed by atoms with Gasteiger partial charge in [-0.1, -0.05) is 19.1 Å². The molecule has 0 amide bonds. The molecule has 4 nitrogen and oxygen atoms in total. The zero-order valence-electron chi connectivity index (χ0n) is 14.9. The van der Waals surface area contributed by atoms with Crippen molar-refractivity contribution in [3.8, 4) is 0 Å². The molecule has 0 N–H and O–H groups in total. The minimum absolute atomic E-state index is 0.185. The Hall–Kier alpha value is -1.99. The third-order valence-electron chi connectivity index (χ3n) is 4.69. The van der Waals surface area contributed by atoms with Gasteiger partial charge in [0.05, 0.1) is 0 Å². The highest BCUT2D eigenvalue weighted by Gasteiger charge is 2.33. The fraction of sp³-hybridized carbons (Fsp3) is 0.368. The number of hydrogen-bond donors (Lipinski definition) is 0. The second kappa shape index (κ2) is 7.32. The molecule has 1 saturated heterocycles. The largest absolute Gasteiger partial charge is 0.369 e. The van der Waals surface area contributed by atoms with Crippen molar-refractivity contribution in [2.45, 2.75) is 25.2 Å². The lowest BCUT2D eigenvalue weighted by atomic mass is 10.1. The van der Waals surface area contributed by atoms with Crippen LogP contribution in [-0.4, -0.2) is 38.9 Å². The summed E-state index contributed by atoms with van der Waals surface area (Å²) >= 11 is 0. The maximum atomic E-state index is 14.1. The fourth-order valence-corrected chi connectivity index (χ4v) is 4.70. The summed E-state index contributed by atoms with van der Waals surface area (Å²) in [6.45, 7) is 4.92. The summed E-state index contributed by atoms with van der Waals surface area (Å²) in [6.07, 6.45) is 0.958. The van der Waals surface area contributed by atoms with Crippen molar-refractivity contribution in [2.24, 2.45) is 0 Å². The van der Waals surface area contributed by atoms with Crippen LogP contribution in [0, 0.1) is 18.6 Å². The lowest BCUT2D eigenvalue weighted by molar-refractivity contribution is 0.378. The quantitative estimate of drug-likeness (QED) is 0.817. The van der Waals surface area contributed by atoms with E-state index in [4.69, 9.17) is 0 Å². The zero-order valence-corrected chi connectivity index (χ0v) is 15.7. The van der Waals surface area contributed by atoms with Gasteiger partial charge >= 0.3 is 0 Å². The molecule has 1 fully saturated rings. The van der Waals surface area contributed by atoms with Crippen molar-refractivity contribution in [1.29, 1.82) is 0 Å². The van der Waals surface area contributed by atoms with E-state index in [-0.39, 0.29) is 13.1 Å². The number of rotatable bonds is 4. The number of halogens is 2. The Bertz CT molecular complexity index is 867. The molecule has 2 aromatic carbocycles. The molecule has 0 saturated carbocycles. The van der Waals surface area contributed by atoms with Gasteiger partial charge in [-0.15, -0.1) is 0 Å². The first-order valence-electron chi connectivity index (χ1n) is 8.62. The Morgan fingerprint density at radius 3 is 2.00 bits per heavy atom. The molecule has 3 rings (SSSR count). The van der Waals surface area contributed by atoms with Gasteiger partial charge in [0.2, 0.25) is 10.0 Å². The zero-order chi connectivity index (χ0) is 18.9. The molecule has 1 aliphatic rings. The Balaban J connectivity index is 1.76. The van der Waals surface area contributed by atoms with Gasteiger partial charge in [0.15, 0.2) is 4.90 Å². The Morgan fingerprint density at radius 1 is 0.962 bits per heavy atom. The highest BCUT2D eigenvalue weighted by atomic mass is 32.2.